The number of aryl methyl sites for hydroxylation is 2. The molecule has 1 heterocycles. The maximum Gasteiger partial charge on any atom is 0.265 e. The third kappa shape index (κ3) is 2.47. The summed E-state index contributed by atoms with van der Waals surface area (Å²) in [7, 11) is 0. The lowest BCUT2D eigenvalue weighted by molar-refractivity contribution is 0.774. The number of benzene rings is 2. The van der Waals surface area contributed by atoms with Crippen LogP contribution in [-0.2, 0) is 6.42 Å². The SMILES string of the molecule is CCCc1nc2ccccc2c(=O)n1-c1ccc(C)cc1. The van der Waals surface area contributed by atoms with E-state index in [4.69, 9.17) is 0 Å². The Kier molecular flexibility index (Phi) is 3.57. The van der Waals surface area contributed by atoms with Crippen LogP contribution in [0.5, 0.6) is 0 Å². The Morgan fingerprint density at radius 1 is 1.05 bits per heavy atom. The molecule has 0 N–H and O–H groups in total. The summed E-state index contributed by atoms with van der Waals surface area (Å²) in [5.41, 5.74) is 2.84. The first-order valence-corrected chi connectivity index (χ1v) is 7.28. The predicted molar refractivity (Wildman–Crippen MR) is 86.1 cm³/mol. The fraction of sp³-hybridized carbons (Fsp3) is 0.222. The van der Waals surface area contributed by atoms with Crippen molar-refractivity contribution in [2.24, 2.45) is 0 Å². The Hall–Kier alpha value is -2.42. The molecule has 0 amide bonds. The molecule has 0 saturated carbocycles. The van der Waals surface area contributed by atoms with E-state index in [-0.39, 0.29) is 5.56 Å². The molecule has 21 heavy (non-hydrogen) atoms. The van der Waals surface area contributed by atoms with Gasteiger partial charge in [0, 0.05) is 6.42 Å². The van der Waals surface area contributed by atoms with Gasteiger partial charge < -0.3 is 0 Å². The molecular weight excluding hydrogens is 260 g/mol. The summed E-state index contributed by atoms with van der Waals surface area (Å²) in [6.07, 6.45) is 1.74. The van der Waals surface area contributed by atoms with Crippen molar-refractivity contribution in [3.63, 3.8) is 0 Å². The standard InChI is InChI=1S/C18H18N2O/c1-3-6-17-19-16-8-5-4-7-15(16)18(21)20(17)14-11-9-13(2)10-12-14/h4-5,7-12H,3,6H2,1-2H3. The first-order valence-electron chi connectivity index (χ1n) is 7.28. The molecule has 0 radical (unpaired) electrons. The Bertz CT molecular complexity index is 832. The van der Waals surface area contributed by atoms with Gasteiger partial charge in [0.1, 0.15) is 5.82 Å². The van der Waals surface area contributed by atoms with Gasteiger partial charge in [0.15, 0.2) is 0 Å². The van der Waals surface area contributed by atoms with Gasteiger partial charge in [-0.25, -0.2) is 4.98 Å². The topological polar surface area (TPSA) is 34.9 Å². The first-order chi connectivity index (χ1) is 10.2. The average molecular weight is 278 g/mol. The Balaban J connectivity index is 2.33. The highest BCUT2D eigenvalue weighted by Gasteiger charge is 2.11. The van der Waals surface area contributed by atoms with Gasteiger partial charge in [-0.1, -0.05) is 36.8 Å². The van der Waals surface area contributed by atoms with Crippen LogP contribution in [0.3, 0.4) is 0 Å². The Labute approximate surface area is 123 Å². The number of nitrogens with zero attached hydrogens (tertiary/aromatic N) is 2. The van der Waals surface area contributed by atoms with E-state index < -0.39 is 0 Å². The van der Waals surface area contributed by atoms with Crippen LogP contribution < -0.4 is 5.56 Å². The maximum absolute atomic E-state index is 12.8. The van der Waals surface area contributed by atoms with Crippen molar-refractivity contribution in [1.82, 2.24) is 9.55 Å². The number of fused-ring (bicyclic) bond motifs is 1. The van der Waals surface area contributed by atoms with Gasteiger partial charge >= 0.3 is 0 Å². The largest absolute Gasteiger partial charge is 0.268 e. The average Bonchev–Trinajstić information content (AvgIpc) is 2.49. The number of para-hydroxylation sites is 1. The Morgan fingerprint density at radius 3 is 2.48 bits per heavy atom. The molecule has 3 nitrogen and oxygen atoms in total. The van der Waals surface area contributed by atoms with E-state index in [2.05, 4.69) is 11.9 Å². The van der Waals surface area contributed by atoms with Crippen molar-refractivity contribution < 1.29 is 0 Å². The first kappa shape index (κ1) is 13.6. The molecule has 3 aromatic rings. The number of rotatable bonds is 3. The van der Waals surface area contributed by atoms with E-state index in [1.165, 1.54) is 5.56 Å². The van der Waals surface area contributed by atoms with Crippen LogP contribution in [0.2, 0.25) is 0 Å². The van der Waals surface area contributed by atoms with Crippen molar-refractivity contribution in [1.29, 1.82) is 0 Å². The van der Waals surface area contributed by atoms with E-state index in [1.54, 1.807) is 4.57 Å². The minimum atomic E-state index is 0.00732. The second-order valence-electron chi connectivity index (χ2n) is 5.27. The van der Waals surface area contributed by atoms with Crippen LogP contribution in [0.4, 0.5) is 0 Å². The molecule has 0 spiro atoms. The number of hydrogen-bond acceptors (Lipinski definition) is 2. The van der Waals surface area contributed by atoms with Crippen LogP contribution in [0.15, 0.2) is 53.3 Å². The molecule has 0 atom stereocenters. The summed E-state index contributed by atoms with van der Waals surface area (Å²) < 4.78 is 1.74. The molecular formula is C18H18N2O. The highest BCUT2D eigenvalue weighted by Crippen LogP contribution is 2.14. The quantitative estimate of drug-likeness (QED) is 0.733. The summed E-state index contributed by atoms with van der Waals surface area (Å²) in [5.74, 6) is 0.824. The third-order valence-corrected chi connectivity index (χ3v) is 3.61. The molecule has 0 bridgehead atoms. The fourth-order valence-electron chi connectivity index (χ4n) is 2.53. The van der Waals surface area contributed by atoms with E-state index >= 15 is 0 Å². The lowest BCUT2D eigenvalue weighted by Gasteiger charge is -2.13. The van der Waals surface area contributed by atoms with Crippen LogP contribution in [-0.4, -0.2) is 9.55 Å². The maximum atomic E-state index is 12.8. The van der Waals surface area contributed by atoms with E-state index in [1.807, 2.05) is 55.5 Å². The van der Waals surface area contributed by atoms with E-state index in [0.717, 1.165) is 29.9 Å². The molecule has 0 unspecified atom stereocenters. The van der Waals surface area contributed by atoms with Gasteiger partial charge in [-0.15, -0.1) is 0 Å². The molecule has 3 heteroatoms. The Morgan fingerprint density at radius 2 is 1.76 bits per heavy atom. The highest BCUT2D eigenvalue weighted by atomic mass is 16.1. The van der Waals surface area contributed by atoms with Crippen molar-refractivity contribution >= 4 is 10.9 Å². The lowest BCUT2D eigenvalue weighted by atomic mass is 10.2. The highest BCUT2D eigenvalue weighted by molar-refractivity contribution is 5.77. The van der Waals surface area contributed by atoms with E-state index in [0.29, 0.717) is 5.39 Å². The molecule has 0 fully saturated rings. The summed E-state index contributed by atoms with van der Waals surface area (Å²) in [6, 6.07) is 15.5. The fourth-order valence-corrected chi connectivity index (χ4v) is 2.53. The van der Waals surface area contributed by atoms with E-state index in [9.17, 15) is 4.79 Å². The molecule has 0 aliphatic heterocycles. The summed E-state index contributed by atoms with van der Waals surface area (Å²) in [6.45, 7) is 4.14. The molecule has 3 rings (SSSR count). The summed E-state index contributed by atoms with van der Waals surface area (Å²) >= 11 is 0. The van der Waals surface area contributed by atoms with Gasteiger partial charge in [-0.3, -0.25) is 9.36 Å². The zero-order valence-electron chi connectivity index (χ0n) is 12.3. The molecule has 0 saturated heterocycles. The molecule has 2 aromatic carbocycles. The summed E-state index contributed by atoms with van der Waals surface area (Å²) in [5, 5.41) is 0.665. The minimum Gasteiger partial charge on any atom is -0.268 e. The normalized spacial score (nSPS) is 11.0. The van der Waals surface area contributed by atoms with Gasteiger partial charge in [-0.05, 0) is 37.6 Å². The van der Waals surface area contributed by atoms with Crippen molar-refractivity contribution in [2.75, 3.05) is 0 Å². The summed E-state index contributed by atoms with van der Waals surface area (Å²) in [4.78, 5) is 17.5. The van der Waals surface area contributed by atoms with Crippen molar-refractivity contribution in [2.45, 2.75) is 26.7 Å². The van der Waals surface area contributed by atoms with Crippen LogP contribution in [0.25, 0.3) is 16.6 Å². The zero-order valence-corrected chi connectivity index (χ0v) is 12.3. The van der Waals surface area contributed by atoms with Crippen LogP contribution in [0, 0.1) is 6.92 Å². The predicted octanol–water partition coefficient (Wildman–Crippen LogP) is 3.65. The van der Waals surface area contributed by atoms with Gasteiger partial charge in [0.25, 0.3) is 5.56 Å². The second kappa shape index (κ2) is 5.52. The van der Waals surface area contributed by atoms with Crippen LogP contribution >= 0.6 is 0 Å². The second-order valence-corrected chi connectivity index (χ2v) is 5.27. The zero-order chi connectivity index (χ0) is 14.8. The van der Waals surface area contributed by atoms with Crippen molar-refractivity contribution in [3.8, 4) is 5.69 Å². The van der Waals surface area contributed by atoms with Gasteiger partial charge in [0.05, 0.1) is 16.6 Å². The molecule has 0 aliphatic rings. The number of hydrogen-bond donors (Lipinski definition) is 0. The molecule has 106 valence electrons. The molecule has 0 aliphatic carbocycles. The van der Waals surface area contributed by atoms with Crippen molar-refractivity contribution in [3.05, 3.63) is 70.3 Å². The molecule has 1 aromatic heterocycles. The third-order valence-electron chi connectivity index (χ3n) is 3.61. The van der Waals surface area contributed by atoms with Crippen LogP contribution in [0.1, 0.15) is 24.7 Å². The lowest BCUT2D eigenvalue weighted by Crippen LogP contribution is -2.23. The number of aromatic nitrogens is 2. The smallest absolute Gasteiger partial charge is 0.265 e. The van der Waals surface area contributed by atoms with Gasteiger partial charge in [-0.2, -0.15) is 0 Å². The monoisotopic (exact) mass is 278 g/mol. The van der Waals surface area contributed by atoms with Gasteiger partial charge in [0.2, 0.25) is 0 Å². The minimum absolute atomic E-state index is 0.00732.